The minimum absolute atomic E-state index is 0.00836. The average molecular weight is 271 g/mol. The number of rotatable bonds is 3. The summed E-state index contributed by atoms with van der Waals surface area (Å²) in [7, 11) is 0. The minimum atomic E-state index is -0.194. The maximum atomic E-state index is 12.0. The lowest BCUT2D eigenvalue weighted by atomic mass is 9.89. The van der Waals surface area contributed by atoms with Crippen LogP contribution in [0.5, 0.6) is 5.95 Å². The molecule has 0 bridgehead atoms. The van der Waals surface area contributed by atoms with Crippen LogP contribution < -0.4 is 4.74 Å². The first-order valence-electron chi connectivity index (χ1n) is 7.06. The third-order valence-corrected chi connectivity index (χ3v) is 3.64. The summed E-state index contributed by atoms with van der Waals surface area (Å²) in [5.41, 5.74) is 0.868. The summed E-state index contributed by atoms with van der Waals surface area (Å²) in [4.78, 5) is 16.1. The van der Waals surface area contributed by atoms with Crippen LogP contribution in [0.1, 0.15) is 32.1 Å². The molecule has 1 aromatic carbocycles. The molecule has 1 heterocycles. The van der Waals surface area contributed by atoms with E-state index in [1.54, 1.807) is 0 Å². The highest BCUT2D eigenvalue weighted by molar-refractivity contribution is 5.74. The fraction of sp³-hybridized carbons (Fsp3) is 0.375. The van der Waals surface area contributed by atoms with Crippen molar-refractivity contribution in [3.63, 3.8) is 0 Å². The van der Waals surface area contributed by atoms with Crippen LogP contribution in [0.3, 0.4) is 0 Å². The van der Waals surface area contributed by atoms with Crippen molar-refractivity contribution in [2.45, 2.75) is 32.1 Å². The van der Waals surface area contributed by atoms with Crippen LogP contribution >= 0.6 is 0 Å². The van der Waals surface area contributed by atoms with E-state index in [1.165, 1.54) is 12.6 Å². The molecule has 2 aromatic rings. The predicted octanol–water partition coefficient (Wildman–Crippen LogP) is 3.83. The number of esters is 1. The largest absolute Gasteiger partial charge is 0.405 e. The fourth-order valence-electron chi connectivity index (χ4n) is 2.54. The fourth-order valence-corrected chi connectivity index (χ4v) is 2.54. The summed E-state index contributed by atoms with van der Waals surface area (Å²) in [6.45, 7) is 0. The molecular formula is C16H17NO3. The van der Waals surface area contributed by atoms with Gasteiger partial charge in [0, 0.05) is 5.56 Å². The molecule has 20 heavy (non-hydrogen) atoms. The molecule has 4 nitrogen and oxygen atoms in total. The number of hydrogen-bond donors (Lipinski definition) is 0. The van der Waals surface area contributed by atoms with Gasteiger partial charge >= 0.3 is 11.9 Å². The van der Waals surface area contributed by atoms with Crippen LogP contribution in [-0.4, -0.2) is 11.0 Å². The Hall–Kier alpha value is -2.10. The van der Waals surface area contributed by atoms with E-state index in [9.17, 15) is 4.79 Å². The molecule has 1 aliphatic carbocycles. The smallest absolute Gasteiger partial charge is 0.316 e. The number of benzene rings is 1. The van der Waals surface area contributed by atoms with E-state index in [-0.39, 0.29) is 17.8 Å². The standard InChI is InChI=1S/C16H17NO3/c18-16(13-9-5-2-6-10-13)20-14-11-17-15(19-14)12-7-3-1-4-8-12/h1,3-4,7-8,11,13H,2,5-6,9-10H2. The summed E-state index contributed by atoms with van der Waals surface area (Å²) in [6.07, 6.45) is 6.71. The molecular weight excluding hydrogens is 254 g/mol. The van der Waals surface area contributed by atoms with E-state index in [1.807, 2.05) is 30.3 Å². The van der Waals surface area contributed by atoms with Gasteiger partial charge in [0.25, 0.3) is 0 Å². The highest BCUT2D eigenvalue weighted by atomic mass is 16.6. The number of oxazole rings is 1. The average Bonchev–Trinajstić information content (AvgIpc) is 2.97. The third-order valence-electron chi connectivity index (χ3n) is 3.64. The van der Waals surface area contributed by atoms with E-state index < -0.39 is 0 Å². The molecule has 4 heteroatoms. The molecule has 0 unspecified atom stereocenters. The van der Waals surface area contributed by atoms with Crippen LogP contribution in [0.2, 0.25) is 0 Å². The predicted molar refractivity (Wildman–Crippen MR) is 74.1 cm³/mol. The molecule has 0 spiro atoms. The maximum absolute atomic E-state index is 12.0. The molecule has 0 atom stereocenters. The molecule has 0 saturated heterocycles. The summed E-state index contributed by atoms with van der Waals surface area (Å²) in [5, 5.41) is 0. The van der Waals surface area contributed by atoms with Crippen LogP contribution in [0.15, 0.2) is 40.9 Å². The second-order valence-electron chi connectivity index (χ2n) is 5.11. The second-order valence-corrected chi connectivity index (χ2v) is 5.11. The summed E-state index contributed by atoms with van der Waals surface area (Å²) >= 11 is 0. The topological polar surface area (TPSA) is 52.3 Å². The lowest BCUT2D eigenvalue weighted by Crippen LogP contribution is -2.22. The number of carbonyl (C=O) groups is 1. The van der Waals surface area contributed by atoms with Crippen molar-refractivity contribution in [2.24, 2.45) is 5.92 Å². The number of nitrogens with zero attached hydrogens (tertiary/aromatic N) is 1. The van der Waals surface area contributed by atoms with Gasteiger partial charge in [0.1, 0.15) is 6.20 Å². The highest BCUT2D eigenvalue weighted by Crippen LogP contribution is 2.27. The Kier molecular flexibility index (Phi) is 3.81. The number of ether oxygens (including phenoxy) is 1. The molecule has 1 saturated carbocycles. The van der Waals surface area contributed by atoms with Crippen molar-refractivity contribution < 1.29 is 13.9 Å². The van der Waals surface area contributed by atoms with Crippen molar-refractivity contribution in [1.82, 2.24) is 4.98 Å². The van der Waals surface area contributed by atoms with E-state index in [0.717, 1.165) is 31.2 Å². The van der Waals surface area contributed by atoms with Gasteiger partial charge in [-0.2, -0.15) is 0 Å². The second kappa shape index (κ2) is 5.90. The molecule has 0 amide bonds. The Balaban J connectivity index is 1.66. The summed E-state index contributed by atoms with van der Waals surface area (Å²) in [5.74, 6) is 0.464. The number of hydrogen-bond acceptors (Lipinski definition) is 4. The van der Waals surface area contributed by atoms with E-state index in [4.69, 9.17) is 9.15 Å². The van der Waals surface area contributed by atoms with E-state index in [0.29, 0.717) is 5.89 Å². The van der Waals surface area contributed by atoms with Crippen LogP contribution in [0.25, 0.3) is 11.5 Å². The molecule has 3 rings (SSSR count). The Morgan fingerprint density at radius 1 is 1.15 bits per heavy atom. The van der Waals surface area contributed by atoms with Gasteiger partial charge in [0.2, 0.25) is 5.89 Å². The monoisotopic (exact) mass is 271 g/mol. The van der Waals surface area contributed by atoms with E-state index >= 15 is 0 Å². The van der Waals surface area contributed by atoms with Gasteiger partial charge in [0.05, 0.1) is 5.92 Å². The lowest BCUT2D eigenvalue weighted by Gasteiger charge is -2.18. The van der Waals surface area contributed by atoms with Gasteiger partial charge in [-0.25, -0.2) is 4.98 Å². The number of aromatic nitrogens is 1. The molecule has 1 aliphatic rings. The zero-order chi connectivity index (χ0) is 13.8. The van der Waals surface area contributed by atoms with Crippen LogP contribution in [-0.2, 0) is 4.79 Å². The molecule has 1 fully saturated rings. The van der Waals surface area contributed by atoms with Gasteiger partial charge < -0.3 is 9.15 Å². The van der Waals surface area contributed by atoms with Gasteiger partial charge in [0.15, 0.2) is 0 Å². The first kappa shape index (κ1) is 12.9. The van der Waals surface area contributed by atoms with E-state index in [2.05, 4.69) is 4.98 Å². The Bertz CT molecular complexity index is 570. The minimum Gasteiger partial charge on any atom is -0.405 e. The van der Waals surface area contributed by atoms with Crippen LogP contribution in [0, 0.1) is 5.92 Å². The molecule has 0 aliphatic heterocycles. The maximum Gasteiger partial charge on any atom is 0.316 e. The van der Waals surface area contributed by atoms with Crippen molar-refractivity contribution in [1.29, 1.82) is 0 Å². The third kappa shape index (κ3) is 2.90. The highest BCUT2D eigenvalue weighted by Gasteiger charge is 2.24. The quantitative estimate of drug-likeness (QED) is 0.796. The normalized spacial score (nSPS) is 16.0. The van der Waals surface area contributed by atoms with Gasteiger partial charge in [-0.15, -0.1) is 0 Å². The summed E-state index contributed by atoms with van der Waals surface area (Å²) < 4.78 is 10.8. The van der Waals surface area contributed by atoms with Crippen molar-refractivity contribution in [3.8, 4) is 17.4 Å². The molecule has 104 valence electrons. The summed E-state index contributed by atoms with van der Waals surface area (Å²) in [6, 6.07) is 9.55. The van der Waals surface area contributed by atoms with Gasteiger partial charge in [-0.1, -0.05) is 37.5 Å². The molecule has 0 N–H and O–H groups in total. The SMILES string of the molecule is O=C(Oc1cnc(-c2ccccc2)o1)C1CCCCC1. The number of carbonyl (C=O) groups excluding carboxylic acids is 1. The Morgan fingerprint density at radius 2 is 1.90 bits per heavy atom. The van der Waals surface area contributed by atoms with Gasteiger partial charge in [-0.05, 0) is 25.0 Å². The first-order valence-corrected chi connectivity index (χ1v) is 7.06. The molecule has 1 aromatic heterocycles. The van der Waals surface area contributed by atoms with Crippen molar-refractivity contribution >= 4 is 5.97 Å². The van der Waals surface area contributed by atoms with Crippen molar-refractivity contribution in [2.75, 3.05) is 0 Å². The Labute approximate surface area is 117 Å². The van der Waals surface area contributed by atoms with Crippen LogP contribution in [0.4, 0.5) is 0 Å². The lowest BCUT2D eigenvalue weighted by molar-refractivity contribution is -0.141. The molecule has 0 radical (unpaired) electrons. The zero-order valence-electron chi connectivity index (χ0n) is 11.2. The first-order chi connectivity index (χ1) is 9.83. The van der Waals surface area contributed by atoms with Crippen molar-refractivity contribution in [3.05, 3.63) is 36.5 Å². The van der Waals surface area contributed by atoms with Gasteiger partial charge in [-0.3, -0.25) is 4.79 Å². The zero-order valence-corrected chi connectivity index (χ0v) is 11.2. The Morgan fingerprint density at radius 3 is 2.65 bits per heavy atom.